The molecule has 1 aliphatic heterocycles. The molecule has 1 amide bonds. The van der Waals surface area contributed by atoms with Crippen molar-refractivity contribution < 1.29 is 19.4 Å². The number of carbonyl (C=O) groups excluding carboxylic acids is 1. The number of rotatable bonds is 6. The maximum atomic E-state index is 12.8. The summed E-state index contributed by atoms with van der Waals surface area (Å²) in [5, 5.41) is 13.2. The molecule has 1 aliphatic rings. The van der Waals surface area contributed by atoms with Gasteiger partial charge >= 0.3 is 5.97 Å². The van der Waals surface area contributed by atoms with Crippen molar-refractivity contribution in [3.8, 4) is 5.75 Å². The zero-order valence-electron chi connectivity index (χ0n) is 15.5. The zero-order chi connectivity index (χ0) is 19.4. The van der Waals surface area contributed by atoms with Crippen LogP contribution in [0.15, 0.2) is 36.5 Å². The van der Waals surface area contributed by atoms with E-state index in [0.29, 0.717) is 13.1 Å². The molecule has 1 N–H and O–H groups in total. The van der Waals surface area contributed by atoms with Crippen LogP contribution in [0.25, 0.3) is 0 Å². The van der Waals surface area contributed by atoms with Gasteiger partial charge < -0.3 is 14.7 Å². The van der Waals surface area contributed by atoms with E-state index in [2.05, 4.69) is 16.1 Å². The molecule has 2 heterocycles. The van der Waals surface area contributed by atoms with E-state index in [0.717, 1.165) is 25.4 Å². The van der Waals surface area contributed by atoms with Crippen LogP contribution in [0.3, 0.4) is 0 Å². The minimum absolute atomic E-state index is 0.0208. The molecule has 2 aromatic rings. The number of carboxylic acids is 1. The number of carbonyl (C=O) groups is 2. The van der Waals surface area contributed by atoms with Crippen molar-refractivity contribution in [2.75, 3.05) is 33.3 Å². The Bertz CT molecular complexity index is 812. The van der Waals surface area contributed by atoms with Gasteiger partial charge in [-0.05, 0) is 30.7 Å². The van der Waals surface area contributed by atoms with Crippen molar-refractivity contribution >= 4 is 11.9 Å². The molecule has 27 heavy (non-hydrogen) atoms. The lowest BCUT2D eigenvalue weighted by molar-refractivity contribution is -0.136. The second-order valence-corrected chi connectivity index (χ2v) is 6.60. The molecule has 1 aromatic carbocycles. The third kappa shape index (κ3) is 4.28. The summed E-state index contributed by atoms with van der Waals surface area (Å²) in [5.74, 6) is -0.360. The van der Waals surface area contributed by atoms with Crippen molar-refractivity contribution in [1.82, 2.24) is 19.6 Å². The lowest BCUT2D eigenvalue weighted by Crippen LogP contribution is -2.50. The Morgan fingerprint density at radius 1 is 1.22 bits per heavy atom. The van der Waals surface area contributed by atoms with Crippen molar-refractivity contribution in [2.24, 2.45) is 0 Å². The van der Waals surface area contributed by atoms with Crippen LogP contribution >= 0.6 is 0 Å². The highest BCUT2D eigenvalue weighted by Crippen LogP contribution is 2.17. The summed E-state index contributed by atoms with van der Waals surface area (Å²) >= 11 is 0. The summed E-state index contributed by atoms with van der Waals surface area (Å²) in [6.45, 7) is 5.23. The Kier molecular flexibility index (Phi) is 5.75. The van der Waals surface area contributed by atoms with Gasteiger partial charge in [0.25, 0.3) is 0 Å². The monoisotopic (exact) mass is 372 g/mol. The van der Waals surface area contributed by atoms with Crippen LogP contribution in [-0.2, 0) is 11.3 Å². The smallest absolute Gasteiger partial charge is 0.354 e. The molecule has 1 fully saturated rings. The molecule has 0 bridgehead atoms. The number of aromatic nitrogens is 2. The Labute approximate surface area is 157 Å². The number of nitrogens with zero attached hydrogens (tertiary/aromatic N) is 4. The van der Waals surface area contributed by atoms with Gasteiger partial charge in [0.1, 0.15) is 17.5 Å². The Morgan fingerprint density at radius 3 is 2.63 bits per heavy atom. The van der Waals surface area contributed by atoms with E-state index < -0.39 is 12.0 Å². The molecule has 1 unspecified atom stereocenters. The van der Waals surface area contributed by atoms with E-state index in [4.69, 9.17) is 4.74 Å². The molecule has 0 aliphatic carbocycles. The number of aromatic carboxylic acids is 1. The molecule has 1 aromatic heterocycles. The van der Waals surface area contributed by atoms with Gasteiger partial charge in [-0.3, -0.25) is 9.69 Å². The van der Waals surface area contributed by atoms with Crippen molar-refractivity contribution in [3.63, 3.8) is 0 Å². The lowest BCUT2D eigenvalue weighted by Gasteiger charge is -2.36. The quantitative estimate of drug-likeness (QED) is 0.827. The van der Waals surface area contributed by atoms with Crippen molar-refractivity contribution in [1.29, 1.82) is 0 Å². The third-order valence-electron chi connectivity index (χ3n) is 4.84. The molecule has 144 valence electrons. The van der Waals surface area contributed by atoms with E-state index in [1.165, 1.54) is 22.5 Å². The maximum absolute atomic E-state index is 12.8. The standard InChI is InChI=1S/C19H24N4O4/c1-14(23-17(19(25)26)6-7-20-23)18(24)22-10-8-21(9-11-22)13-15-4-3-5-16(12-15)27-2/h3-7,12,14H,8-11,13H2,1-2H3,(H,25,26). The molecular formula is C19H24N4O4. The number of carboxylic acid groups (broad SMARTS) is 1. The number of amides is 1. The van der Waals surface area contributed by atoms with Gasteiger partial charge in [0.05, 0.1) is 7.11 Å². The number of piperazine rings is 1. The molecular weight excluding hydrogens is 348 g/mol. The fraction of sp³-hybridized carbons (Fsp3) is 0.421. The summed E-state index contributed by atoms with van der Waals surface area (Å²) in [5.41, 5.74) is 1.19. The predicted molar refractivity (Wildman–Crippen MR) is 98.7 cm³/mol. The first-order valence-corrected chi connectivity index (χ1v) is 8.90. The molecule has 0 spiro atoms. The van der Waals surface area contributed by atoms with Gasteiger partial charge in [-0.1, -0.05) is 12.1 Å². The summed E-state index contributed by atoms with van der Waals surface area (Å²) < 4.78 is 6.53. The van der Waals surface area contributed by atoms with E-state index in [1.54, 1.807) is 18.9 Å². The van der Waals surface area contributed by atoms with E-state index in [9.17, 15) is 14.7 Å². The number of ether oxygens (including phenoxy) is 1. The highest BCUT2D eigenvalue weighted by molar-refractivity contribution is 5.87. The normalized spacial score (nSPS) is 16.1. The molecule has 0 radical (unpaired) electrons. The van der Waals surface area contributed by atoms with Gasteiger partial charge in [-0.15, -0.1) is 0 Å². The highest BCUT2D eigenvalue weighted by Gasteiger charge is 2.28. The minimum Gasteiger partial charge on any atom is -0.497 e. The lowest BCUT2D eigenvalue weighted by atomic mass is 10.1. The Hall–Kier alpha value is -2.87. The summed E-state index contributed by atoms with van der Waals surface area (Å²) in [4.78, 5) is 28.1. The Morgan fingerprint density at radius 2 is 1.96 bits per heavy atom. The second kappa shape index (κ2) is 8.22. The van der Waals surface area contributed by atoms with Crippen molar-refractivity contribution in [2.45, 2.75) is 19.5 Å². The molecule has 8 heteroatoms. The third-order valence-corrected chi connectivity index (χ3v) is 4.84. The number of hydrogen-bond donors (Lipinski definition) is 1. The average molecular weight is 372 g/mol. The number of benzene rings is 1. The number of hydrogen-bond acceptors (Lipinski definition) is 5. The summed E-state index contributed by atoms with van der Waals surface area (Å²) in [6.07, 6.45) is 1.40. The van der Waals surface area contributed by atoms with Crippen LogP contribution in [0.5, 0.6) is 5.75 Å². The van der Waals surface area contributed by atoms with Gasteiger partial charge in [0, 0.05) is 38.9 Å². The van der Waals surface area contributed by atoms with E-state index >= 15 is 0 Å². The maximum Gasteiger partial charge on any atom is 0.354 e. The largest absolute Gasteiger partial charge is 0.497 e. The molecule has 8 nitrogen and oxygen atoms in total. The molecule has 0 saturated carbocycles. The highest BCUT2D eigenvalue weighted by atomic mass is 16.5. The minimum atomic E-state index is -1.09. The van der Waals surface area contributed by atoms with Crippen LogP contribution in [-0.4, -0.2) is 69.9 Å². The Balaban J connectivity index is 1.57. The zero-order valence-corrected chi connectivity index (χ0v) is 15.5. The van der Waals surface area contributed by atoms with Crippen molar-refractivity contribution in [3.05, 3.63) is 47.8 Å². The molecule has 1 saturated heterocycles. The SMILES string of the molecule is COc1cccc(CN2CCN(C(=O)C(C)n3nccc3C(=O)O)CC2)c1. The first-order valence-electron chi connectivity index (χ1n) is 8.90. The number of methoxy groups -OCH3 is 1. The second-order valence-electron chi connectivity index (χ2n) is 6.60. The topological polar surface area (TPSA) is 87.9 Å². The van der Waals surface area contributed by atoms with Gasteiger partial charge in [0.2, 0.25) is 5.91 Å². The first kappa shape index (κ1) is 18.9. The predicted octanol–water partition coefficient (Wildman–Crippen LogP) is 1.50. The van der Waals surface area contributed by atoms with Crippen LogP contribution in [0.1, 0.15) is 29.0 Å². The van der Waals surface area contributed by atoms with Crippen LogP contribution in [0.2, 0.25) is 0 Å². The summed E-state index contributed by atoms with van der Waals surface area (Å²) in [6, 6.07) is 8.73. The average Bonchev–Trinajstić information content (AvgIpc) is 3.18. The van der Waals surface area contributed by atoms with Crippen LogP contribution < -0.4 is 4.74 Å². The molecule has 1 atom stereocenters. The molecule has 3 rings (SSSR count). The van der Waals surface area contributed by atoms with Gasteiger partial charge in [-0.25, -0.2) is 9.48 Å². The fourth-order valence-corrected chi connectivity index (χ4v) is 3.32. The van der Waals surface area contributed by atoms with E-state index in [-0.39, 0.29) is 11.6 Å². The fourth-order valence-electron chi connectivity index (χ4n) is 3.32. The van der Waals surface area contributed by atoms with Gasteiger partial charge in [-0.2, -0.15) is 5.10 Å². The first-order chi connectivity index (χ1) is 13.0. The van der Waals surface area contributed by atoms with Crippen LogP contribution in [0.4, 0.5) is 0 Å². The van der Waals surface area contributed by atoms with Gasteiger partial charge in [0.15, 0.2) is 0 Å². The van der Waals surface area contributed by atoms with E-state index in [1.807, 2.05) is 18.2 Å². The summed E-state index contributed by atoms with van der Waals surface area (Å²) in [7, 11) is 1.65. The van der Waals surface area contributed by atoms with Crippen LogP contribution in [0, 0.1) is 0 Å².